The number of fused-ring (bicyclic) bond motifs is 1. The lowest BCUT2D eigenvalue weighted by molar-refractivity contribution is -0.113. The first-order valence-electron chi connectivity index (χ1n) is 10.9. The van der Waals surface area contributed by atoms with Gasteiger partial charge >= 0.3 is 5.97 Å². The van der Waals surface area contributed by atoms with Crippen LogP contribution >= 0.6 is 23.1 Å². The molecule has 2 aromatic heterocycles. The summed E-state index contributed by atoms with van der Waals surface area (Å²) in [6.07, 6.45) is 4.49. The van der Waals surface area contributed by atoms with Crippen molar-refractivity contribution in [1.82, 2.24) is 14.8 Å². The van der Waals surface area contributed by atoms with E-state index in [1.54, 1.807) is 26.4 Å². The largest absolute Gasteiger partial charge is 0.493 e. The lowest BCUT2D eigenvalue weighted by atomic mass is 10.1. The highest BCUT2D eigenvalue weighted by Gasteiger charge is 2.28. The van der Waals surface area contributed by atoms with Crippen LogP contribution < -0.4 is 14.8 Å². The fourth-order valence-corrected chi connectivity index (χ4v) is 6.02. The maximum atomic E-state index is 12.8. The van der Waals surface area contributed by atoms with Gasteiger partial charge in [-0.1, -0.05) is 17.8 Å². The molecule has 0 fully saturated rings. The summed E-state index contributed by atoms with van der Waals surface area (Å²) in [6, 6.07) is 5.50. The van der Waals surface area contributed by atoms with Crippen LogP contribution in [0, 0.1) is 0 Å². The number of aromatic nitrogens is 3. The van der Waals surface area contributed by atoms with Gasteiger partial charge in [0.25, 0.3) is 0 Å². The van der Waals surface area contributed by atoms with Gasteiger partial charge in [0, 0.05) is 17.0 Å². The Bertz CT molecular complexity index is 1270. The predicted octanol–water partition coefficient (Wildman–Crippen LogP) is 4.22. The van der Waals surface area contributed by atoms with E-state index >= 15 is 0 Å². The molecule has 1 amide bonds. The molecule has 9 nitrogen and oxygen atoms in total. The Morgan fingerprint density at radius 3 is 2.71 bits per heavy atom. The maximum Gasteiger partial charge on any atom is 0.341 e. The number of rotatable bonds is 10. The average molecular weight is 515 g/mol. The van der Waals surface area contributed by atoms with Gasteiger partial charge in [0.1, 0.15) is 5.00 Å². The third kappa shape index (κ3) is 5.06. The minimum atomic E-state index is -0.419. The molecule has 0 saturated heterocycles. The Balaban J connectivity index is 1.51. The highest BCUT2D eigenvalue weighted by Crippen LogP contribution is 2.39. The maximum absolute atomic E-state index is 12.8. The number of methoxy groups -OCH3 is 3. The number of aryl methyl sites for hydroxylation is 1. The Labute approximate surface area is 211 Å². The van der Waals surface area contributed by atoms with Crippen LogP contribution in [0.4, 0.5) is 5.00 Å². The van der Waals surface area contributed by atoms with Gasteiger partial charge in [-0.2, -0.15) is 0 Å². The summed E-state index contributed by atoms with van der Waals surface area (Å²) in [4.78, 5) is 26.3. The molecule has 0 spiro atoms. The van der Waals surface area contributed by atoms with E-state index in [4.69, 9.17) is 14.2 Å². The molecule has 0 atom stereocenters. The highest BCUT2D eigenvalue weighted by atomic mass is 32.2. The molecule has 2 heterocycles. The normalized spacial score (nSPS) is 12.2. The van der Waals surface area contributed by atoms with Crippen molar-refractivity contribution in [2.45, 2.75) is 31.0 Å². The quantitative estimate of drug-likeness (QED) is 0.244. The van der Waals surface area contributed by atoms with E-state index < -0.39 is 5.97 Å². The molecule has 3 aromatic rings. The first-order chi connectivity index (χ1) is 17.0. The molecule has 0 unspecified atom stereocenters. The van der Waals surface area contributed by atoms with Gasteiger partial charge in [0.2, 0.25) is 5.91 Å². The molecule has 1 aromatic carbocycles. The van der Waals surface area contributed by atoms with E-state index in [-0.39, 0.29) is 11.7 Å². The molecule has 35 heavy (non-hydrogen) atoms. The van der Waals surface area contributed by atoms with Crippen molar-refractivity contribution in [3.63, 3.8) is 0 Å². The number of amides is 1. The van der Waals surface area contributed by atoms with Crippen molar-refractivity contribution < 1.29 is 23.8 Å². The number of nitrogens with zero attached hydrogens (tertiary/aromatic N) is 3. The molecule has 0 radical (unpaired) electrons. The number of carbonyl (C=O) groups excluding carboxylic acids is 2. The summed E-state index contributed by atoms with van der Waals surface area (Å²) in [5.74, 6) is 1.26. The fourth-order valence-electron chi connectivity index (χ4n) is 3.98. The van der Waals surface area contributed by atoms with Gasteiger partial charge in [0.15, 0.2) is 22.5 Å². The van der Waals surface area contributed by atoms with E-state index in [1.165, 1.54) is 30.2 Å². The Hall–Kier alpha value is -3.31. The van der Waals surface area contributed by atoms with Crippen molar-refractivity contribution in [3.8, 4) is 22.9 Å². The molecular formula is C24H26N4O5S2. The van der Waals surface area contributed by atoms with Crippen LogP contribution in [-0.2, 0) is 28.9 Å². The summed E-state index contributed by atoms with van der Waals surface area (Å²) in [5.41, 5.74) is 2.27. The van der Waals surface area contributed by atoms with E-state index in [0.717, 1.165) is 35.3 Å². The van der Waals surface area contributed by atoms with E-state index in [0.29, 0.717) is 39.6 Å². The number of hydrogen-bond donors (Lipinski definition) is 1. The van der Waals surface area contributed by atoms with Gasteiger partial charge in [-0.25, -0.2) is 4.79 Å². The number of anilines is 1. The van der Waals surface area contributed by atoms with E-state index in [1.807, 2.05) is 16.7 Å². The van der Waals surface area contributed by atoms with E-state index in [2.05, 4.69) is 22.1 Å². The smallest absolute Gasteiger partial charge is 0.341 e. The van der Waals surface area contributed by atoms with Gasteiger partial charge in [-0.05, 0) is 43.0 Å². The Morgan fingerprint density at radius 1 is 1.20 bits per heavy atom. The summed E-state index contributed by atoms with van der Waals surface area (Å²) < 4.78 is 17.6. The van der Waals surface area contributed by atoms with Crippen molar-refractivity contribution >= 4 is 40.0 Å². The predicted molar refractivity (Wildman–Crippen MR) is 136 cm³/mol. The van der Waals surface area contributed by atoms with Crippen molar-refractivity contribution in [2.24, 2.45) is 0 Å². The standard InChI is InChI=1S/C24H26N4O5S2/c1-5-11-28-21(14-9-10-16(31-2)17(12-14)32-3)26-27-24(28)34-13-19(29)25-22-20(23(30)33-4)15-7-6-8-18(15)35-22/h5,9-10,12H,1,6-8,11,13H2,2-4H3,(H,25,29). The number of benzene rings is 1. The second kappa shape index (κ2) is 11.0. The summed E-state index contributed by atoms with van der Waals surface area (Å²) in [5, 5.41) is 12.6. The molecule has 0 aliphatic heterocycles. The number of hydrogen-bond acceptors (Lipinski definition) is 9. The monoisotopic (exact) mass is 514 g/mol. The third-order valence-corrected chi connectivity index (χ3v) is 7.74. The van der Waals surface area contributed by atoms with Crippen LogP contribution in [-0.4, -0.2) is 53.7 Å². The lowest BCUT2D eigenvalue weighted by Gasteiger charge is -2.11. The number of thiophene rings is 1. The van der Waals surface area contributed by atoms with Gasteiger partial charge in [-0.15, -0.1) is 28.1 Å². The summed E-state index contributed by atoms with van der Waals surface area (Å²) >= 11 is 2.71. The fraction of sp³-hybridized carbons (Fsp3) is 0.333. The first kappa shape index (κ1) is 24.8. The van der Waals surface area contributed by atoms with Gasteiger partial charge in [-0.3, -0.25) is 9.36 Å². The Morgan fingerprint density at radius 2 is 2.00 bits per heavy atom. The number of carbonyl (C=O) groups is 2. The number of esters is 1. The second-order valence-electron chi connectivity index (χ2n) is 7.67. The Kier molecular flexibility index (Phi) is 7.76. The van der Waals surface area contributed by atoms with Crippen molar-refractivity contribution in [3.05, 3.63) is 46.9 Å². The SMILES string of the molecule is C=CCn1c(SCC(=O)Nc2sc3c(c2C(=O)OC)CCC3)nnc1-c1ccc(OC)c(OC)c1. The summed E-state index contributed by atoms with van der Waals surface area (Å²) in [6.45, 7) is 4.29. The molecular weight excluding hydrogens is 488 g/mol. The molecule has 1 aliphatic rings. The number of ether oxygens (including phenoxy) is 3. The zero-order chi connectivity index (χ0) is 24.9. The average Bonchev–Trinajstić information content (AvgIpc) is 3.57. The summed E-state index contributed by atoms with van der Waals surface area (Å²) in [7, 11) is 4.50. The van der Waals surface area contributed by atoms with Crippen LogP contribution in [0.5, 0.6) is 11.5 Å². The number of allylic oxidation sites excluding steroid dienone is 1. The van der Waals surface area contributed by atoms with Crippen molar-refractivity contribution in [1.29, 1.82) is 0 Å². The van der Waals surface area contributed by atoms with Crippen LogP contribution in [0.25, 0.3) is 11.4 Å². The molecule has 4 rings (SSSR count). The molecule has 184 valence electrons. The van der Waals surface area contributed by atoms with Gasteiger partial charge < -0.3 is 19.5 Å². The minimum absolute atomic E-state index is 0.102. The first-order valence-corrected chi connectivity index (χ1v) is 12.7. The van der Waals surface area contributed by atoms with Crippen LogP contribution in [0.1, 0.15) is 27.2 Å². The number of nitrogens with one attached hydrogen (secondary N) is 1. The molecule has 11 heteroatoms. The third-order valence-electron chi connectivity index (χ3n) is 5.57. The molecule has 0 saturated carbocycles. The molecule has 0 bridgehead atoms. The molecule has 1 aliphatic carbocycles. The highest BCUT2D eigenvalue weighted by molar-refractivity contribution is 7.99. The van der Waals surface area contributed by atoms with Gasteiger partial charge in [0.05, 0.1) is 32.6 Å². The molecule has 1 N–H and O–H groups in total. The van der Waals surface area contributed by atoms with Crippen LogP contribution in [0.3, 0.4) is 0 Å². The second-order valence-corrected chi connectivity index (χ2v) is 9.71. The number of thioether (sulfide) groups is 1. The zero-order valence-corrected chi connectivity index (χ0v) is 21.4. The lowest BCUT2D eigenvalue weighted by Crippen LogP contribution is -2.16. The topological polar surface area (TPSA) is 105 Å². The van der Waals surface area contributed by atoms with Crippen LogP contribution in [0.15, 0.2) is 36.0 Å². The van der Waals surface area contributed by atoms with E-state index in [9.17, 15) is 9.59 Å². The van der Waals surface area contributed by atoms with Crippen LogP contribution in [0.2, 0.25) is 0 Å². The van der Waals surface area contributed by atoms with Crippen molar-refractivity contribution in [2.75, 3.05) is 32.4 Å². The zero-order valence-electron chi connectivity index (χ0n) is 19.8. The minimum Gasteiger partial charge on any atom is -0.493 e.